The molecule has 2 heterocycles. The standard InChI is InChI=1S/C22H25N3O4/c1-27-18-11-15(12-19(28-2)20(18)29-3)22(26)25-10-6-7-14(13-25)21-23-16-8-4-5-9-17(16)24-21/h4-5,8-9,11-12,14H,6-7,10,13H2,1-3H3,(H,23,24)/t14-/m1/s1. The van der Waals surface area contributed by atoms with Gasteiger partial charge in [-0.1, -0.05) is 12.1 Å². The van der Waals surface area contributed by atoms with Gasteiger partial charge in [0.25, 0.3) is 5.91 Å². The molecule has 7 heteroatoms. The third-order valence-electron chi connectivity index (χ3n) is 5.41. The van der Waals surface area contributed by atoms with Crippen LogP contribution in [-0.4, -0.2) is 55.2 Å². The minimum Gasteiger partial charge on any atom is -0.493 e. The van der Waals surface area contributed by atoms with E-state index in [1.807, 2.05) is 29.2 Å². The van der Waals surface area contributed by atoms with Crippen LogP contribution >= 0.6 is 0 Å². The Balaban J connectivity index is 1.59. The second kappa shape index (κ2) is 8.03. The number of rotatable bonds is 5. The van der Waals surface area contributed by atoms with Crippen LogP contribution < -0.4 is 14.2 Å². The number of imidazole rings is 1. The van der Waals surface area contributed by atoms with Gasteiger partial charge in [-0.25, -0.2) is 4.98 Å². The zero-order valence-electron chi connectivity index (χ0n) is 16.9. The van der Waals surface area contributed by atoms with Gasteiger partial charge >= 0.3 is 0 Å². The second-order valence-electron chi connectivity index (χ2n) is 7.14. The van der Waals surface area contributed by atoms with Crippen molar-refractivity contribution in [2.75, 3.05) is 34.4 Å². The van der Waals surface area contributed by atoms with E-state index >= 15 is 0 Å². The Morgan fingerprint density at radius 1 is 1.10 bits per heavy atom. The van der Waals surface area contributed by atoms with E-state index in [1.165, 1.54) is 0 Å². The van der Waals surface area contributed by atoms with Crippen LogP contribution in [0, 0.1) is 0 Å². The minimum atomic E-state index is -0.0509. The van der Waals surface area contributed by atoms with Crippen molar-refractivity contribution in [3.63, 3.8) is 0 Å². The molecule has 0 saturated carbocycles. The van der Waals surface area contributed by atoms with Crippen LogP contribution in [-0.2, 0) is 0 Å². The second-order valence-corrected chi connectivity index (χ2v) is 7.14. The molecule has 4 rings (SSSR count). The number of H-pyrrole nitrogens is 1. The third-order valence-corrected chi connectivity index (χ3v) is 5.41. The topological polar surface area (TPSA) is 76.7 Å². The van der Waals surface area contributed by atoms with Crippen molar-refractivity contribution in [1.29, 1.82) is 0 Å². The van der Waals surface area contributed by atoms with Gasteiger partial charge in [-0.15, -0.1) is 0 Å². The highest BCUT2D eigenvalue weighted by atomic mass is 16.5. The van der Waals surface area contributed by atoms with E-state index in [9.17, 15) is 4.79 Å². The molecular formula is C22H25N3O4. The smallest absolute Gasteiger partial charge is 0.254 e. The molecule has 1 atom stereocenters. The number of fused-ring (bicyclic) bond motifs is 1. The summed E-state index contributed by atoms with van der Waals surface area (Å²) >= 11 is 0. The van der Waals surface area contributed by atoms with Gasteiger partial charge in [-0.3, -0.25) is 4.79 Å². The molecule has 0 unspecified atom stereocenters. The first-order valence-electron chi connectivity index (χ1n) is 9.68. The SMILES string of the molecule is COc1cc(C(=O)N2CCC[C@@H](c3nc4ccccc4[nH]3)C2)cc(OC)c1OC. The molecule has 1 aliphatic rings. The number of carbonyl (C=O) groups is 1. The molecule has 7 nitrogen and oxygen atoms in total. The molecular weight excluding hydrogens is 370 g/mol. The fraction of sp³-hybridized carbons (Fsp3) is 0.364. The molecule has 0 radical (unpaired) electrons. The molecule has 1 saturated heterocycles. The number of benzene rings is 2. The Morgan fingerprint density at radius 2 is 1.83 bits per heavy atom. The van der Waals surface area contributed by atoms with Gasteiger partial charge in [0.05, 0.1) is 32.4 Å². The number of amides is 1. The quantitative estimate of drug-likeness (QED) is 0.714. The zero-order valence-corrected chi connectivity index (χ0v) is 16.9. The largest absolute Gasteiger partial charge is 0.493 e. The first-order chi connectivity index (χ1) is 14.1. The highest BCUT2D eigenvalue weighted by Gasteiger charge is 2.28. The number of aromatic nitrogens is 2. The average Bonchev–Trinajstić information content (AvgIpc) is 3.22. The van der Waals surface area contributed by atoms with E-state index in [4.69, 9.17) is 19.2 Å². The highest BCUT2D eigenvalue weighted by molar-refractivity contribution is 5.95. The van der Waals surface area contributed by atoms with Crippen LogP contribution in [0.4, 0.5) is 0 Å². The number of piperidine rings is 1. The number of nitrogens with zero attached hydrogens (tertiary/aromatic N) is 2. The van der Waals surface area contributed by atoms with Crippen LogP contribution in [0.1, 0.15) is 34.9 Å². The molecule has 0 spiro atoms. The first kappa shape index (κ1) is 19.1. The number of nitrogens with one attached hydrogen (secondary N) is 1. The summed E-state index contributed by atoms with van der Waals surface area (Å²) in [5, 5.41) is 0. The highest BCUT2D eigenvalue weighted by Crippen LogP contribution is 2.39. The van der Waals surface area contributed by atoms with Gasteiger partial charge in [-0.2, -0.15) is 0 Å². The Kier molecular flexibility index (Phi) is 5.29. The van der Waals surface area contributed by atoms with Crippen molar-refractivity contribution in [3.05, 3.63) is 47.8 Å². The first-order valence-corrected chi connectivity index (χ1v) is 9.68. The van der Waals surface area contributed by atoms with Crippen molar-refractivity contribution in [2.24, 2.45) is 0 Å². The summed E-state index contributed by atoms with van der Waals surface area (Å²) in [5.74, 6) is 2.49. The van der Waals surface area contributed by atoms with E-state index in [0.717, 1.165) is 29.7 Å². The van der Waals surface area contributed by atoms with Crippen molar-refractivity contribution >= 4 is 16.9 Å². The van der Waals surface area contributed by atoms with Crippen molar-refractivity contribution in [2.45, 2.75) is 18.8 Å². The van der Waals surface area contributed by atoms with Gasteiger partial charge in [0.1, 0.15) is 5.82 Å². The summed E-state index contributed by atoms with van der Waals surface area (Å²) in [5.41, 5.74) is 2.50. The maximum Gasteiger partial charge on any atom is 0.254 e. The molecule has 1 N–H and O–H groups in total. The maximum atomic E-state index is 13.2. The summed E-state index contributed by atoms with van der Waals surface area (Å²) < 4.78 is 16.1. The number of carbonyl (C=O) groups excluding carboxylic acids is 1. The number of ether oxygens (including phenoxy) is 3. The number of likely N-dealkylation sites (tertiary alicyclic amines) is 1. The fourth-order valence-electron chi connectivity index (χ4n) is 3.94. The molecule has 1 aromatic heterocycles. The van der Waals surface area contributed by atoms with Crippen LogP contribution in [0.5, 0.6) is 17.2 Å². The minimum absolute atomic E-state index is 0.0509. The van der Waals surface area contributed by atoms with Gasteiger partial charge in [0, 0.05) is 24.6 Å². The van der Waals surface area contributed by atoms with Crippen molar-refractivity contribution < 1.29 is 19.0 Å². The van der Waals surface area contributed by atoms with Gasteiger partial charge in [0.2, 0.25) is 5.75 Å². The summed E-state index contributed by atoms with van der Waals surface area (Å²) in [6.45, 7) is 1.33. The summed E-state index contributed by atoms with van der Waals surface area (Å²) in [4.78, 5) is 23.2. The number of methoxy groups -OCH3 is 3. The van der Waals surface area contributed by atoms with E-state index in [2.05, 4.69) is 4.98 Å². The van der Waals surface area contributed by atoms with Crippen LogP contribution in [0.3, 0.4) is 0 Å². The van der Waals surface area contributed by atoms with E-state index in [0.29, 0.717) is 35.9 Å². The Hall–Kier alpha value is -3.22. The summed E-state index contributed by atoms with van der Waals surface area (Å²) in [6, 6.07) is 11.4. The molecule has 3 aromatic rings. The van der Waals surface area contributed by atoms with Crippen molar-refractivity contribution in [1.82, 2.24) is 14.9 Å². The molecule has 1 fully saturated rings. The fourth-order valence-corrected chi connectivity index (χ4v) is 3.94. The average molecular weight is 395 g/mol. The molecule has 1 amide bonds. The monoisotopic (exact) mass is 395 g/mol. The molecule has 29 heavy (non-hydrogen) atoms. The lowest BCUT2D eigenvalue weighted by Gasteiger charge is -2.32. The third kappa shape index (κ3) is 3.60. The Bertz CT molecular complexity index is 972. The van der Waals surface area contributed by atoms with Gasteiger partial charge < -0.3 is 24.1 Å². The van der Waals surface area contributed by atoms with Gasteiger partial charge in [0.15, 0.2) is 11.5 Å². The lowest BCUT2D eigenvalue weighted by atomic mass is 9.96. The van der Waals surface area contributed by atoms with Crippen molar-refractivity contribution in [3.8, 4) is 17.2 Å². The van der Waals surface area contributed by atoms with Crippen LogP contribution in [0.25, 0.3) is 11.0 Å². The molecule has 0 aliphatic carbocycles. The lowest BCUT2D eigenvalue weighted by Crippen LogP contribution is -2.39. The maximum absolute atomic E-state index is 13.2. The van der Waals surface area contributed by atoms with E-state index in [-0.39, 0.29) is 11.8 Å². The van der Waals surface area contributed by atoms with Gasteiger partial charge in [-0.05, 0) is 37.1 Å². The summed E-state index contributed by atoms with van der Waals surface area (Å²) in [6.07, 6.45) is 1.93. The van der Waals surface area contributed by atoms with Crippen LogP contribution in [0.15, 0.2) is 36.4 Å². The normalized spacial score (nSPS) is 16.7. The van der Waals surface area contributed by atoms with E-state index in [1.54, 1.807) is 33.5 Å². The molecule has 2 aromatic carbocycles. The number of aromatic amines is 1. The number of hydrogen-bond donors (Lipinski definition) is 1. The zero-order chi connectivity index (χ0) is 20.4. The number of hydrogen-bond acceptors (Lipinski definition) is 5. The Labute approximate surface area is 169 Å². The molecule has 1 aliphatic heterocycles. The van der Waals surface area contributed by atoms with Crippen LogP contribution in [0.2, 0.25) is 0 Å². The predicted octanol–water partition coefficient (Wildman–Crippen LogP) is 3.61. The Morgan fingerprint density at radius 3 is 2.48 bits per heavy atom. The molecule has 152 valence electrons. The predicted molar refractivity (Wildman–Crippen MR) is 110 cm³/mol. The molecule has 0 bridgehead atoms. The lowest BCUT2D eigenvalue weighted by molar-refractivity contribution is 0.0704. The summed E-state index contributed by atoms with van der Waals surface area (Å²) in [7, 11) is 4.64. The number of para-hydroxylation sites is 2. The van der Waals surface area contributed by atoms with E-state index < -0.39 is 0 Å².